The van der Waals surface area contributed by atoms with Crippen molar-refractivity contribution >= 4 is 28.5 Å². The number of hydrogen-bond donors (Lipinski definition) is 4. The van der Waals surface area contributed by atoms with Gasteiger partial charge in [0.05, 0.1) is 0 Å². The van der Waals surface area contributed by atoms with E-state index >= 15 is 0 Å². The zero-order chi connectivity index (χ0) is 26.0. The number of ketones is 1. The van der Waals surface area contributed by atoms with Crippen LogP contribution in [0.1, 0.15) is 55.1 Å². The van der Waals surface area contributed by atoms with Gasteiger partial charge < -0.3 is 20.4 Å². The normalized spacial score (nSPS) is 11.8. The average Bonchev–Trinajstić information content (AvgIpc) is 3.57. The molecule has 1 atom stereocenters. The van der Waals surface area contributed by atoms with E-state index in [1.807, 2.05) is 30.3 Å². The number of carbonyl (C=O) groups is 3. The van der Waals surface area contributed by atoms with Crippen LogP contribution in [0.25, 0.3) is 22.2 Å². The van der Waals surface area contributed by atoms with Gasteiger partial charge in [-0.2, -0.15) is 5.10 Å². The van der Waals surface area contributed by atoms with Gasteiger partial charge in [0.25, 0.3) is 5.91 Å². The Balaban J connectivity index is 1.42. The van der Waals surface area contributed by atoms with E-state index in [1.54, 1.807) is 13.0 Å². The smallest absolute Gasteiger partial charge is 0.269 e. The van der Waals surface area contributed by atoms with Gasteiger partial charge in [-0.15, -0.1) is 0 Å². The summed E-state index contributed by atoms with van der Waals surface area (Å²) < 4.78 is 0. The molecular formula is C29H33N5O3. The Kier molecular flexibility index (Phi) is 8.86. The largest absolute Gasteiger partial charge is 0.354 e. The summed E-state index contributed by atoms with van der Waals surface area (Å²) in [6.45, 7) is 2.01. The fourth-order valence-corrected chi connectivity index (χ4v) is 4.53. The predicted molar refractivity (Wildman–Crippen MR) is 144 cm³/mol. The first-order valence-electron chi connectivity index (χ1n) is 12.8. The maximum atomic E-state index is 13.2. The number of nitrogens with zero attached hydrogens (tertiary/aromatic N) is 1. The molecule has 2 aromatic heterocycles. The molecule has 0 unspecified atom stereocenters. The molecule has 2 amide bonds. The van der Waals surface area contributed by atoms with Gasteiger partial charge in [0.2, 0.25) is 5.91 Å². The van der Waals surface area contributed by atoms with Gasteiger partial charge >= 0.3 is 0 Å². The maximum absolute atomic E-state index is 13.2. The molecule has 0 spiro atoms. The predicted octanol–water partition coefficient (Wildman–Crippen LogP) is 4.55. The second-order valence-electron chi connectivity index (χ2n) is 9.23. The standard InChI is InChI=1S/C29H33N5O3/c1-20(35)10-4-2-7-15-25(33-29(37)26-17-19-31-34-26)28(36)30-18-16-23-22-13-8-9-14-24(22)32-27(23)21-11-5-3-6-12-21/h3,5-6,8-9,11-14,17,19,25,32H,2,4,7,10,15-16,18H2,1H3,(H,30,36)(H,31,34)(H,33,37)/t25-/m0/s1. The fourth-order valence-electron chi connectivity index (χ4n) is 4.53. The molecule has 4 N–H and O–H groups in total. The first-order chi connectivity index (χ1) is 18.0. The molecule has 0 bridgehead atoms. The summed E-state index contributed by atoms with van der Waals surface area (Å²) in [4.78, 5) is 40.5. The number of fused-ring (bicyclic) bond motifs is 1. The van der Waals surface area contributed by atoms with Gasteiger partial charge in [0.15, 0.2) is 0 Å². The average molecular weight is 500 g/mol. The third-order valence-electron chi connectivity index (χ3n) is 6.44. The van der Waals surface area contributed by atoms with Crippen LogP contribution in [0.5, 0.6) is 0 Å². The molecule has 8 heteroatoms. The number of unbranched alkanes of at least 4 members (excludes halogenated alkanes) is 2. The van der Waals surface area contributed by atoms with E-state index in [0.717, 1.165) is 47.0 Å². The molecule has 8 nitrogen and oxygen atoms in total. The highest BCUT2D eigenvalue weighted by atomic mass is 16.2. The molecule has 0 saturated heterocycles. The third kappa shape index (κ3) is 6.94. The van der Waals surface area contributed by atoms with Gasteiger partial charge in [-0.1, -0.05) is 61.4 Å². The number of hydrogen-bond acceptors (Lipinski definition) is 4. The molecule has 0 radical (unpaired) electrons. The van der Waals surface area contributed by atoms with Crippen LogP contribution in [0.4, 0.5) is 0 Å². The number of aromatic nitrogens is 3. The molecule has 192 valence electrons. The number of benzene rings is 2. The van der Waals surface area contributed by atoms with Crippen LogP contribution >= 0.6 is 0 Å². The molecule has 37 heavy (non-hydrogen) atoms. The van der Waals surface area contributed by atoms with Crippen LogP contribution < -0.4 is 10.6 Å². The summed E-state index contributed by atoms with van der Waals surface area (Å²) in [5.74, 6) is -0.432. The Morgan fingerprint density at radius 3 is 2.49 bits per heavy atom. The number of para-hydroxylation sites is 1. The lowest BCUT2D eigenvalue weighted by Crippen LogP contribution is -2.47. The van der Waals surface area contributed by atoms with E-state index in [4.69, 9.17) is 0 Å². The third-order valence-corrected chi connectivity index (χ3v) is 6.44. The van der Waals surface area contributed by atoms with Gasteiger partial charge in [0.1, 0.15) is 17.5 Å². The summed E-state index contributed by atoms with van der Waals surface area (Å²) >= 11 is 0. The SMILES string of the molecule is CC(=O)CCCCC[C@H](NC(=O)c1ccn[nH]1)C(=O)NCCc1c(-c2ccccc2)[nH]c2ccccc12. The highest BCUT2D eigenvalue weighted by Gasteiger charge is 2.22. The van der Waals surface area contributed by atoms with Gasteiger partial charge in [-0.25, -0.2) is 0 Å². The van der Waals surface area contributed by atoms with E-state index in [1.165, 1.54) is 6.20 Å². The Morgan fingerprint density at radius 2 is 1.73 bits per heavy atom. The van der Waals surface area contributed by atoms with Crippen LogP contribution in [0.15, 0.2) is 66.9 Å². The van der Waals surface area contributed by atoms with Gasteiger partial charge in [0, 0.05) is 35.8 Å². The Bertz CT molecular complexity index is 1330. The van der Waals surface area contributed by atoms with Crippen molar-refractivity contribution in [3.05, 3.63) is 78.1 Å². The van der Waals surface area contributed by atoms with E-state index < -0.39 is 6.04 Å². The first kappa shape index (κ1) is 25.9. The van der Waals surface area contributed by atoms with Crippen LogP contribution in [0.2, 0.25) is 0 Å². The lowest BCUT2D eigenvalue weighted by atomic mass is 10.0. The number of H-pyrrole nitrogens is 2. The molecule has 4 aromatic rings. The topological polar surface area (TPSA) is 120 Å². The van der Waals surface area contributed by atoms with Gasteiger partial charge in [-0.05, 0) is 49.4 Å². The minimum atomic E-state index is -0.676. The lowest BCUT2D eigenvalue weighted by Gasteiger charge is -2.18. The number of Topliss-reactive ketones (excluding diaryl/α,β-unsaturated/α-hetero) is 1. The summed E-state index contributed by atoms with van der Waals surface area (Å²) in [6.07, 6.45) is 5.49. The number of amides is 2. The number of rotatable bonds is 13. The molecule has 0 aliphatic carbocycles. The molecule has 0 aliphatic heterocycles. The number of nitrogens with one attached hydrogen (secondary N) is 4. The summed E-state index contributed by atoms with van der Waals surface area (Å²) in [5, 5.41) is 13.4. The van der Waals surface area contributed by atoms with Crippen molar-refractivity contribution in [2.24, 2.45) is 0 Å². The quantitative estimate of drug-likeness (QED) is 0.202. The summed E-state index contributed by atoms with van der Waals surface area (Å²) in [5.41, 5.74) is 4.64. The molecule has 2 aromatic carbocycles. The fraction of sp³-hybridized carbons (Fsp3) is 0.310. The second kappa shape index (κ2) is 12.7. The van der Waals surface area contributed by atoms with E-state index in [-0.39, 0.29) is 17.6 Å². The number of aromatic amines is 2. The minimum absolute atomic E-state index is 0.161. The molecule has 0 saturated carbocycles. The van der Waals surface area contributed by atoms with Crippen LogP contribution in [0.3, 0.4) is 0 Å². The zero-order valence-electron chi connectivity index (χ0n) is 21.0. The van der Waals surface area contributed by atoms with Gasteiger partial charge in [-0.3, -0.25) is 14.7 Å². The van der Waals surface area contributed by atoms with Crippen LogP contribution in [-0.2, 0) is 16.0 Å². The minimum Gasteiger partial charge on any atom is -0.354 e. The van der Waals surface area contributed by atoms with E-state index in [9.17, 15) is 14.4 Å². The Hall–Kier alpha value is -4.20. The summed E-state index contributed by atoms with van der Waals surface area (Å²) in [6, 6.07) is 19.2. The second-order valence-corrected chi connectivity index (χ2v) is 9.23. The molecule has 4 rings (SSSR count). The van der Waals surface area contributed by atoms with Crippen molar-refractivity contribution < 1.29 is 14.4 Å². The Morgan fingerprint density at radius 1 is 0.946 bits per heavy atom. The highest BCUT2D eigenvalue weighted by molar-refractivity contribution is 5.96. The number of carbonyl (C=O) groups excluding carboxylic acids is 3. The summed E-state index contributed by atoms with van der Waals surface area (Å²) in [7, 11) is 0. The van der Waals surface area contributed by atoms with Crippen LogP contribution in [0, 0.1) is 0 Å². The monoisotopic (exact) mass is 499 g/mol. The molecule has 0 fully saturated rings. The van der Waals surface area contributed by atoms with E-state index in [0.29, 0.717) is 31.5 Å². The van der Waals surface area contributed by atoms with Crippen molar-refractivity contribution in [3.8, 4) is 11.3 Å². The molecular weight excluding hydrogens is 466 g/mol. The molecule has 2 heterocycles. The van der Waals surface area contributed by atoms with Crippen molar-refractivity contribution in [1.82, 2.24) is 25.8 Å². The van der Waals surface area contributed by atoms with Crippen molar-refractivity contribution in [3.63, 3.8) is 0 Å². The molecule has 0 aliphatic rings. The highest BCUT2D eigenvalue weighted by Crippen LogP contribution is 2.30. The first-order valence-corrected chi connectivity index (χ1v) is 12.8. The Labute approximate surface area is 216 Å². The van der Waals surface area contributed by atoms with Crippen molar-refractivity contribution in [1.29, 1.82) is 0 Å². The lowest BCUT2D eigenvalue weighted by molar-refractivity contribution is -0.123. The maximum Gasteiger partial charge on any atom is 0.269 e. The van der Waals surface area contributed by atoms with Crippen molar-refractivity contribution in [2.75, 3.05) is 6.54 Å². The van der Waals surface area contributed by atoms with Crippen molar-refractivity contribution in [2.45, 2.75) is 51.5 Å². The van der Waals surface area contributed by atoms with E-state index in [2.05, 4.69) is 50.1 Å². The zero-order valence-corrected chi connectivity index (χ0v) is 21.0. The van der Waals surface area contributed by atoms with Crippen LogP contribution in [-0.4, -0.2) is 45.4 Å².